The number of aryl methyl sites for hydroxylation is 1. The van der Waals surface area contributed by atoms with Crippen molar-refractivity contribution >= 4 is 0 Å². The molecule has 1 unspecified atom stereocenters. The van der Waals surface area contributed by atoms with Crippen molar-refractivity contribution in [3.05, 3.63) is 23.7 Å². The zero-order valence-corrected chi connectivity index (χ0v) is 9.11. The Morgan fingerprint density at radius 2 is 2.13 bits per heavy atom. The number of hydrogen-bond acceptors (Lipinski definition) is 3. The zero-order valence-electron chi connectivity index (χ0n) is 9.11. The molecule has 0 saturated carbocycles. The summed E-state index contributed by atoms with van der Waals surface area (Å²) in [6, 6.07) is 3.75. The standard InChI is InChI=1S/C12H18O3/c1-9-2-3-12(15-9)11(13)8-10-4-6-14-7-5-10/h2-3,10-11,13H,4-8H2,1H3. The van der Waals surface area contributed by atoms with Crippen molar-refractivity contribution in [1.82, 2.24) is 0 Å². The lowest BCUT2D eigenvalue weighted by Crippen LogP contribution is -2.17. The second-order valence-corrected chi connectivity index (χ2v) is 4.26. The second-order valence-electron chi connectivity index (χ2n) is 4.26. The SMILES string of the molecule is Cc1ccc(C(O)CC2CCOCC2)o1. The lowest BCUT2D eigenvalue weighted by atomic mass is 9.93. The van der Waals surface area contributed by atoms with Gasteiger partial charge in [0.2, 0.25) is 0 Å². The topological polar surface area (TPSA) is 42.6 Å². The van der Waals surface area contributed by atoms with E-state index in [0.29, 0.717) is 11.7 Å². The highest BCUT2D eigenvalue weighted by atomic mass is 16.5. The summed E-state index contributed by atoms with van der Waals surface area (Å²) < 4.78 is 10.7. The van der Waals surface area contributed by atoms with E-state index in [1.807, 2.05) is 19.1 Å². The van der Waals surface area contributed by atoms with E-state index >= 15 is 0 Å². The molecule has 0 aliphatic carbocycles. The first-order valence-corrected chi connectivity index (χ1v) is 5.58. The maximum atomic E-state index is 9.95. The number of ether oxygens (including phenoxy) is 1. The fraction of sp³-hybridized carbons (Fsp3) is 0.667. The number of hydrogen-bond donors (Lipinski definition) is 1. The first-order chi connectivity index (χ1) is 7.25. The average Bonchev–Trinajstić information content (AvgIpc) is 2.66. The molecule has 0 bridgehead atoms. The molecule has 0 spiro atoms. The van der Waals surface area contributed by atoms with Gasteiger partial charge in [0.05, 0.1) is 0 Å². The molecule has 2 rings (SSSR count). The van der Waals surface area contributed by atoms with Crippen molar-refractivity contribution in [2.75, 3.05) is 13.2 Å². The van der Waals surface area contributed by atoms with Crippen LogP contribution in [0.3, 0.4) is 0 Å². The van der Waals surface area contributed by atoms with Crippen LogP contribution in [0.15, 0.2) is 16.5 Å². The van der Waals surface area contributed by atoms with Gasteiger partial charge in [0, 0.05) is 13.2 Å². The summed E-state index contributed by atoms with van der Waals surface area (Å²) >= 11 is 0. The van der Waals surface area contributed by atoms with Gasteiger partial charge in [0.15, 0.2) is 0 Å². The van der Waals surface area contributed by atoms with Gasteiger partial charge in [0.1, 0.15) is 17.6 Å². The quantitative estimate of drug-likeness (QED) is 0.833. The van der Waals surface area contributed by atoms with Crippen LogP contribution in [-0.2, 0) is 4.74 Å². The summed E-state index contributed by atoms with van der Waals surface area (Å²) in [5, 5.41) is 9.95. The highest BCUT2D eigenvalue weighted by molar-refractivity contribution is 5.08. The Kier molecular flexibility index (Phi) is 3.44. The van der Waals surface area contributed by atoms with Crippen LogP contribution in [0.1, 0.15) is 36.9 Å². The summed E-state index contributed by atoms with van der Waals surface area (Å²) in [5.74, 6) is 2.12. The monoisotopic (exact) mass is 210 g/mol. The van der Waals surface area contributed by atoms with Crippen LogP contribution in [-0.4, -0.2) is 18.3 Å². The van der Waals surface area contributed by atoms with Gasteiger partial charge in [-0.1, -0.05) is 0 Å². The molecule has 1 saturated heterocycles. The van der Waals surface area contributed by atoms with Crippen molar-refractivity contribution in [1.29, 1.82) is 0 Å². The normalized spacial score (nSPS) is 20.4. The third kappa shape index (κ3) is 2.83. The Bertz CT molecular complexity index is 300. The number of rotatable bonds is 3. The van der Waals surface area contributed by atoms with Gasteiger partial charge < -0.3 is 14.3 Å². The molecule has 0 radical (unpaired) electrons. The zero-order chi connectivity index (χ0) is 10.7. The van der Waals surface area contributed by atoms with Gasteiger partial charge in [0.25, 0.3) is 0 Å². The molecule has 84 valence electrons. The molecule has 3 nitrogen and oxygen atoms in total. The van der Waals surface area contributed by atoms with E-state index in [-0.39, 0.29) is 0 Å². The van der Waals surface area contributed by atoms with E-state index in [0.717, 1.165) is 38.2 Å². The molecule has 1 atom stereocenters. The van der Waals surface area contributed by atoms with E-state index < -0.39 is 6.10 Å². The van der Waals surface area contributed by atoms with Crippen LogP contribution in [0.2, 0.25) is 0 Å². The molecule has 2 heterocycles. The predicted molar refractivity (Wildman–Crippen MR) is 56.6 cm³/mol. The van der Waals surface area contributed by atoms with E-state index in [1.165, 1.54) is 0 Å². The van der Waals surface area contributed by atoms with Crippen LogP contribution >= 0.6 is 0 Å². The van der Waals surface area contributed by atoms with E-state index in [1.54, 1.807) is 0 Å². The highest BCUT2D eigenvalue weighted by Gasteiger charge is 2.20. The lowest BCUT2D eigenvalue weighted by Gasteiger charge is -2.23. The summed E-state index contributed by atoms with van der Waals surface area (Å²) in [7, 11) is 0. The molecular formula is C12H18O3. The average molecular weight is 210 g/mol. The second kappa shape index (κ2) is 4.81. The van der Waals surface area contributed by atoms with Crippen LogP contribution in [0, 0.1) is 12.8 Å². The van der Waals surface area contributed by atoms with Crippen LogP contribution in [0.25, 0.3) is 0 Å². The van der Waals surface area contributed by atoms with Crippen LogP contribution in [0.4, 0.5) is 0 Å². The van der Waals surface area contributed by atoms with Gasteiger partial charge in [-0.2, -0.15) is 0 Å². The molecule has 1 aliphatic rings. The van der Waals surface area contributed by atoms with Gasteiger partial charge in [-0.25, -0.2) is 0 Å². The smallest absolute Gasteiger partial charge is 0.132 e. The maximum absolute atomic E-state index is 9.95. The van der Waals surface area contributed by atoms with Gasteiger partial charge in [-0.3, -0.25) is 0 Å². The van der Waals surface area contributed by atoms with Crippen molar-refractivity contribution in [2.45, 2.75) is 32.3 Å². The maximum Gasteiger partial charge on any atom is 0.132 e. The minimum Gasteiger partial charge on any atom is -0.464 e. The third-order valence-corrected chi connectivity index (χ3v) is 2.99. The molecule has 15 heavy (non-hydrogen) atoms. The van der Waals surface area contributed by atoms with E-state index in [9.17, 15) is 5.11 Å². The fourth-order valence-electron chi connectivity index (χ4n) is 2.05. The van der Waals surface area contributed by atoms with Crippen LogP contribution < -0.4 is 0 Å². The highest BCUT2D eigenvalue weighted by Crippen LogP contribution is 2.28. The molecule has 0 aromatic carbocycles. The largest absolute Gasteiger partial charge is 0.464 e. The fourth-order valence-corrected chi connectivity index (χ4v) is 2.05. The molecule has 1 aromatic heterocycles. The van der Waals surface area contributed by atoms with Crippen molar-refractivity contribution in [3.8, 4) is 0 Å². The van der Waals surface area contributed by atoms with Crippen molar-refractivity contribution in [2.24, 2.45) is 5.92 Å². The molecular weight excluding hydrogens is 192 g/mol. The van der Waals surface area contributed by atoms with E-state index in [2.05, 4.69) is 0 Å². The molecule has 1 aliphatic heterocycles. The Hall–Kier alpha value is -0.800. The molecule has 0 amide bonds. The van der Waals surface area contributed by atoms with Gasteiger partial charge in [-0.15, -0.1) is 0 Å². The molecule has 3 heteroatoms. The summed E-state index contributed by atoms with van der Waals surface area (Å²) in [5.41, 5.74) is 0. The first kappa shape index (κ1) is 10.7. The predicted octanol–water partition coefficient (Wildman–Crippen LogP) is 2.44. The molecule has 1 aromatic rings. The summed E-state index contributed by atoms with van der Waals surface area (Å²) in [4.78, 5) is 0. The van der Waals surface area contributed by atoms with Gasteiger partial charge >= 0.3 is 0 Å². The Morgan fingerprint density at radius 1 is 1.40 bits per heavy atom. The number of aliphatic hydroxyl groups excluding tert-OH is 1. The lowest BCUT2D eigenvalue weighted by molar-refractivity contribution is 0.0386. The van der Waals surface area contributed by atoms with Crippen LogP contribution in [0.5, 0.6) is 0 Å². The summed E-state index contributed by atoms with van der Waals surface area (Å²) in [6.45, 7) is 3.55. The first-order valence-electron chi connectivity index (χ1n) is 5.58. The van der Waals surface area contributed by atoms with E-state index in [4.69, 9.17) is 9.15 Å². The van der Waals surface area contributed by atoms with Crippen molar-refractivity contribution < 1.29 is 14.3 Å². The minimum atomic E-state index is -0.457. The third-order valence-electron chi connectivity index (χ3n) is 2.99. The summed E-state index contributed by atoms with van der Waals surface area (Å²) in [6.07, 6.45) is 2.44. The number of aliphatic hydroxyl groups is 1. The van der Waals surface area contributed by atoms with Crippen molar-refractivity contribution in [3.63, 3.8) is 0 Å². The molecule has 1 fully saturated rings. The Balaban J connectivity index is 1.88. The molecule has 1 N–H and O–H groups in total. The minimum absolute atomic E-state index is 0.457. The van der Waals surface area contributed by atoms with Gasteiger partial charge in [-0.05, 0) is 44.2 Å². The Morgan fingerprint density at radius 3 is 2.73 bits per heavy atom. The number of furan rings is 1. The Labute approximate surface area is 90.0 Å².